The molecule has 212 valence electrons. The van der Waals surface area contributed by atoms with Gasteiger partial charge in [0.2, 0.25) is 11.6 Å². The first kappa shape index (κ1) is 27.2. The summed E-state index contributed by atoms with van der Waals surface area (Å²) in [5, 5.41) is 2.13. The number of rotatable bonds is 4. The van der Waals surface area contributed by atoms with Gasteiger partial charge in [-0.2, -0.15) is 24.0 Å². The number of nitrogens with zero attached hydrogens (tertiary/aromatic N) is 5. The highest BCUT2D eigenvalue weighted by molar-refractivity contribution is 6.34. The number of alkyl halides is 3. The number of piperidine rings is 1. The number of carbonyl (C=O) groups is 2. The number of aromatic nitrogens is 1. The lowest BCUT2D eigenvalue weighted by molar-refractivity contribution is -0.750. The molecule has 3 atom stereocenters. The summed E-state index contributed by atoms with van der Waals surface area (Å²) in [6.07, 6.45) is 3.85. The number of benzene rings is 1. The maximum absolute atomic E-state index is 15.4. The standard InChI is InChI=1S/C27H22ClF4N7O2/c28-19-10-18(26(41)36-22-9-15(5-6-35-22)27(30,31)32)20(29)11-17(19)25-37-24(21-12-34-7-8-39(21,25)33)14-1-2-16-3-4-23(40)38(16)13-14/h5-12,14,16H,1-4,13,33H2/p+1/t14-,16+,39?/m1/s1. The van der Waals surface area contributed by atoms with Crippen LogP contribution < -0.4 is 11.2 Å². The number of halogens is 5. The van der Waals surface area contributed by atoms with Crippen LogP contribution >= 0.6 is 11.6 Å². The van der Waals surface area contributed by atoms with Gasteiger partial charge in [-0.15, -0.1) is 4.59 Å². The molecule has 2 saturated heterocycles. The first-order valence-corrected chi connectivity index (χ1v) is 13.2. The molecule has 0 saturated carbocycles. The van der Waals surface area contributed by atoms with Crippen molar-refractivity contribution in [1.29, 1.82) is 0 Å². The van der Waals surface area contributed by atoms with Gasteiger partial charge in [0.05, 0.1) is 34.1 Å². The predicted molar refractivity (Wildman–Crippen MR) is 142 cm³/mol. The van der Waals surface area contributed by atoms with Crippen LogP contribution in [0.25, 0.3) is 0 Å². The second-order valence-electron chi connectivity index (χ2n) is 10.3. The van der Waals surface area contributed by atoms with E-state index < -0.39 is 39.4 Å². The Hall–Kier alpha value is -3.94. The topological polar surface area (TPSA) is 113 Å². The number of pyridine rings is 1. The van der Waals surface area contributed by atoms with Gasteiger partial charge in [0.25, 0.3) is 11.7 Å². The molecule has 4 aliphatic heterocycles. The molecule has 0 bridgehead atoms. The minimum atomic E-state index is -4.65. The van der Waals surface area contributed by atoms with E-state index in [0.717, 1.165) is 43.7 Å². The molecule has 2 amide bonds. The number of amides is 2. The second kappa shape index (κ2) is 9.86. The number of amidine groups is 1. The number of carbonyl (C=O) groups excluding carboxylic acids is 2. The zero-order chi connectivity index (χ0) is 29.1. The third-order valence-corrected chi connectivity index (χ3v) is 8.11. The molecular formula is C27H23ClF4N7O2+. The quantitative estimate of drug-likeness (QED) is 0.304. The summed E-state index contributed by atoms with van der Waals surface area (Å²) in [5.74, 6) is 4.53. The van der Waals surface area contributed by atoms with E-state index in [1.165, 1.54) is 6.20 Å². The number of allylic oxidation sites excluding steroid dienone is 1. The van der Waals surface area contributed by atoms with Crippen molar-refractivity contribution in [3.05, 3.63) is 81.8 Å². The van der Waals surface area contributed by atoms with E-state index in [0.29, 0.717) is 30.4 Å². The van der Waals surface area contributed by atoms with Crippen LogP contribution in [0.2, 0.25) is 5.02 Å². The van der Waals surface area contributed by atoms with Crippen molar-refractivity contribution >= 4 is 41.3 Å². The number of hydrogen-bond acceptors (Lipinski definition) is 6. The molecule has 1 aromatic heterocycles. The van der Waals surface area contributed by atoms with Gasteiger partial charge in [0.15, 0.2) is 0 Å². The number of nitrogens with two attached hydrogens (primary N) is 1. The van der Waals surface area contributed by atoms with Crippen LogP contribution in [-0.4, -0.2) is 50.9 Å². The summed E-state index contributed by atoms with van der Waals surface area (Å²) < 4.78 is 54.0. The maximum Gasteiger partial charge on any atom is 0.416 e. The molecule has 3 N–H and O–H groups in total. The maximum atomic E-state index is 15.4. The largest absolute Gasteiger partial charge is 0.416 e. The van der Waals surface area contributed by atoms with Crippen molar-refractivity contribution in [3.8, 4) is 0 Å². The number of aliphatic imine (C=N–C) groups is 2. The van der Waals surface area contributed by atoms with E-state index in [-0.39, 0.29) is 34.3 Å². The normalized spacial score (nSPS) is 25.4. The lowest BCUT2D eigenvalue weighted by Gasteiger charge is -2.35. The van der Waals surface area contributed by atoms with Gasteiger partial charge in [0, 0.05) is 31.1 Å². The molecule has 4 aliphatic rings. The Labute approximate surface area is 236 Å². The predicted octanol–water partition coefficient (Wildman–Crippen LogP) is 4.76. The van der Waals surface area contributed by atoms with Gasteiger partial charge >= 0.3 is 6.18 Å². The fourth-order valence-corrected chi connectivity index (χ4v) is 5.98. The summed E-state index contributed by atoms with van der Waals surface area (Å²) >= 11 is 6.55. The molecule has 0 aliphatic carbocycles. The highest BCUT2D eigenvalue weighted by atomic mass is 35.5. The number of anilines is 1. The third kappa shape index (κ3) is 4.73. The average Bonchev–Trinajstić information content (AvgIpc) is 3.46. The Balaban J connectivity index is 1.31. The van der Waals surface area contributed by atoms with Crippen molar-refractivity contribution in [2.45, 2.75) is 37.9 Å². The molecule has 1 unspecified atom stereocenters. The fourth-order valence-electron chi connectivity index (χ4n) is 5.73. The molecule has 9 nitrogen and oxygen atoms in total. The summed E-state index contributed by atoms with van der Waals surface area (Å²) in [6, 6.07) is 3.70. The first-order valence-electron chi connectivity index (χ1n) is 12.8. The highest BCUT2D eigenvalue weighted by Crippen LogP contribution is 2.41. The molecular weight excluding hydrogens is 566 g/mol. The van der Waals surface area contributed by atoms with Crippen LogP contribution in [0.1, 0.15) is 47.2 Å². The third-order valence-electron chi connectivity index (χ3n) is 7.80. The van der Waals surface area contributed by atoms with Gasteiger partial charge in [0.1, 0.15) is 23.5 Å². The SMILES string of the molecule is N[N+]12C=CN=CC1=C([C@@H]1CC[C@H]3CCC(=O)N3C1)N=C2c1cc(F)c(C(=O)Nc2cc(C(F)(F)F)ccn2)cc1Cl. The van der Waals surface area contributed by atoms with Crippen molar-refractivity contribution in [3.63, 3.8) is 0 Å². The van der Waals surface area contributed by atoms with Crippen LogP contribution in [0.3, 0.4) is 0 Å². The zero-order valence-corrected chi connectivity index (χ0v) is 22.1. The lowest BCUT2D eigenvalue weighted by atomic mass is 9.90. The summed E-state index contributed by atoms with van der Waals surface area (Å²) in [4.78, 5) is 39.8. The smallest absolute Gasteiger partial charge is 0.339 e. The van der Waals surface area contributed by atoms with Crippen molar-refractivity contribution in [2.75, 3.05) is 11.9 Å². The van der Waals surface area contributed by atoms with E-state index in [9.17, 15) is 22.8 Å². The number of hydrogen-bond donors (Lipinski definition) is 2. The molecule has 2 aromatic rings. The Kier molecular flexibility index (Phi) is 6.55. The summed E-state index contributed by atoms with van der Waals surface area (Å²) in [6.45, 7) is 0.488. The van der Waals surface area contributed by atoms with Crippen LogP contribution in [0.4, 0.5) is 23.4 Å². The van der Waals surface area contributed by atoms with Gasteiger partial charge < -0.3 is 10.2 Å². The number of fused-ring (bicyclic) bond motifs is 2. The van der Waals surface area contributed by atoms with Crippen LogP contribution in [0, 0.1) is 11.7 Å². The van der Waals surface area contributed by atoms with Crippen LogP contribution in [0.15, 0.2) is 64.2 Å². The molecule has 0 radical (unpaired) electrons. The molecule has 0 spiro atoms. The molecule has 2 fully saturated rings. The van der Waals surface area contributed by atoms with Crippen molar-refractivity contribution in [1.82, 2.24) is 9.88 Å². The van der Waals surface area contributed by atoms with E-state index in [4.69, 9.17) is 22.4 Å². The Morgan fingerprint density at radius 1 is 1.20 bits per heavy atom. The van der Waals surface area contributed by atoms with Gasteiger partial charge in [-0.3, -0.25) is 14.6 Å². The Morgan fingerprint density at radius 2 is 2.00 bits per heavy atom. The average molecular weight is 589 g/mol. The fraction of sp³-hybridized carbons (Fsp3) is 0.296. The minimum Gasteiger partial charge on any atom is -0.339 e. The van der Waals surface area contributed by atoms with E-state index in [1.807, 2.05) is 4.90 Å². The number of nitrogens with one attached hydrogen (secondary N) is 1. The first-order chi connectivity index (χ1) is 19.5. The van der Waals surface area contributed by atoms with Gasteiger partial charge in [-0.25, -0.2) is 9.37 Å². The molecule has 1 aromatic carbocycles. The molecule has 6 rings (SSSR count). The van der Waals surface area contributed by atoms with E-state index in [2.05, 4.69) is 15.3 Å². The lowest BCUT2D eigenvalue weighted by Crippen LogP contribution is -2.53. The van der Waals surface area contributed by atoms with Crippen LogP contribution in [0.5, 0.6) is 0 Å². The molecule has 14 heteroatoms. The van der Waals surface area contributed by atoms with E-state index in [1.54, 1.807) is 12.4 Å². The zero-order valence-electron chi connectivity index (χ0n) is 21.3. The molecule has 5 heterocycles. The highest BCUT2D eigenvalue weighted by Gasteiger charge is 2.48. The minimum absolute atomic E-state index is 0.0507. The summed E-state index contributed by atoms with van der Waals surface area (Å²) in [5.41, 5.74) is -0.212. The monoisotopic (exact) mass is 588 g/mol. The van der Waals surface area contributed by atoms with Crippen LogP contribution in [-0.2, 0) is 11.0 Å². The molecule has 41 heavy (non-hydrogen) atoms. The summed E-state index contributed by atoms with van der Waals surface area (Å²) in [7, 11) is 0. The van der Waals surface area contributed by atoms with Crippen molar-refractivity contribution < 1.29 is 31.7 Å². The van der Waals surface area contributed by atoms with Crippen molar-refractivity contribution in [2.24, 2.45) is 21.7 Å². The Bertz CT molecular complexity index is 1600. The van der Waals surface area contributed by atoms with Gasteiger partial charge in [-0.1, -0.05) is 11.6 Å². The van der Waals surface area contributed by atoms with E-state index >= 15 is 4.39 Å². The Morgan fingerprint density at radius 3 is 2.78 bits per heavy atom. The number of quaternary nitrogens is 1. The second-order valence-corrected chi connectivity index (χ2v) is 10.7. The van der Waals surface area contributed by atoms with Gasteiger partial charge in [-0.05, 0) is 43.5 Å².